The SMILES string of the molecule is CC(C)c1ccc(Cc2ncc(CN)[nH]2)cc1. The van der Waals surface area contributed by atoms with Gasteiger partial charge in [0.15, 0.2) is 0 Å². The number of rotatable bonds is 4. The van der Waals surface area contributed by atoms with Crippen LogP contribution in [0.1, 0.15) is 42.4 Å². The van der Waals surface area contributed by atoms with Crippen LogP contribution in [-0.2, 0) is 13.0 Å². The highest BCUT2D eigenvalue weighted by atomic mass is 14.9. The van der Waals surface area contributed by atoms with E-state index in [9.17, 15) is 0 Å². The van der Waals surface area contributed by atoms with Crippen molar-refractivity contribution in [2.24, 2.45) is 5.73 Å². The first kappa shape index (κ1) is 11.9. The zero-order chi connectivity index (χ0) is 12.3. The highest BCUT2D eigenvalue weighted by Crippen LogP contribution is 2.15. The molecule has 90 valence electrons. The summed E-state index contributed by atoms with van der Waals surface area (Å²) < 4.78 is 0. The smallest absolute Gasteiger partial charge is 0.110 e. The molecule has 2 aromatic rings. The maximum atomic E-state index is 5.54. The Kier molecular flexibility index (Phi) is 3.59. The second-order valence-corrected chi connectivity index (χ2v) is 4.63. The van der Waals surface area contributed by atoms with Gasteiger partial charge >= 0.3 is 0 Å². The van der Waals surface area contributed by atoms with Crippen molar-refractivity contribution in [3.63, 3.8) is 0 Å². The largest absolute Gasteiger partial charge is 0.345 e. The molecule has 0 fully saturated rings. The molecule has 0 radical (unpaired) electrons. The summed E-state index contributed by atoms with van der Waals surface area (Å²) in [5, 5.41) is 0. The quantitative estimate of drug-likeness (QED) is 0.846. The standard InChI is InChI=1S/C14H19N3/c1-10(2)12-5-3-11(4-6-12)7-14-16-9-13(8-15)17-14/h3-6,9-10H,7-8,15H2,1-2H3,(H,16,17). The normalized spacial score (nSPS) is 11.1. The number of nitrogens with one attached hydrogen (secondary N) is 1. The number of aromatic amines is 1. The number of aromatic nitrogens is 2. The molecule has 0 aliphatic carbocycles. The molecule has 0 spiro atoms. The van der Waals surface area contributed by atoms with Gasteiger partial charge in [-0.2, -0.15) is 0 Å². The van der Waals surface area contributed by atoms with E-state index in [1.165, 1.54) is 11.1 Å². The Hall–Kier alpha value is -1.61. The molecule has 0 saturated heterocycles. The summed E-state index contributed by atoms with van der Waals surface area (Å²) >= 11 is 0. The van der Waals surface area contributed by atoms with E-state index < -0.39 is 0 Å². The first-order chi connectivity index (χ1) is 8.19. The van der Waals surface area contributed by atoms with Crippen LogP contribution in [0.3, 0.4) is 0 Å². The van der Waals surface area contributed by atoms with Gasteiger partial charge in [0.05, 0.1) is 0 Å². The fraction of sp³-hybridized carbons (Fsp3) is 0.357. The van der Waals surface area contributed by atoms with E-state index >= 15 is 0 Å². The maximum absolute atomic E-state index is 5.54. The molecule has 2 rings (SSSR count). The lowest BCUT2D eigenvalue weighted by molar-refractivity contribution is 0.864. The lowest BCUT2D eigenvalue weighted by Gasteiger charge is -2.06. The Balaban J connectivity index is 2.08. The molecule has 0 aliphatic rings. The molecule has 0 aliphatic heterocycles. The van der Waals surface area contributed by atoms with Crippen molar-refractivity contribution in [3.05, 3.63) is 53.1 Å². The predicted molar refractivity (Wildman–Crippen MR) is 69.8 cm³/mol. The van der Waals surface area contributed by atoms with E-state index in [0.29, 0.717) is 12.5 Å². The van der Waals surface area contributed by atoms with E-state index in [2.05, 4.69) is 48.1 Å². The Labute approximate surface area is 102 Å². The van der Waals surface area contributed by atoms with Crippen LogP contribution in [0.25, 0.3) is 0 Å². The van der Waals surface area contributed by atoms with Gasteiger partial charge in [-0.1, -0.05) is 38.1 Å². The second kappa shape index (κ2) is 5.15. The summed E-state index contributed by atoms with van der Waals surface area (Å²) in [6.45, 7) is 4.92. The van der Waals surface area contributed by atoms with Gasteiger partial charge in [-0.25, -0.2) is 4.98 Å². The third-order valence-corrected chi connectivity index (χ3v) is 2.92. The van der Waals surface area contributed by atoms with Crippen LogP contribution in [-0.4, -0.2) is 9.97 Å². The molecule has 17 heavy (non-hydrogen) atoms. The van der Waals surface area contributed by atoms with Crippen molar-refractivity contribution in [1.29, 1.82) is 0 Å². The number of imidazole rings is 1. The molecule has 1 aromatic carbocycles. The highest BCUT2D eigenvalue weighted by Gasteiger charge is 2.02. The van der Waals surface area contributed by atoms with E-state index in [1.807, 2.05) is 0 Å². The Morgan fingerprint density at radius 3 is 2.47 bits per heavy atom. The highest BCUT2D eigenvalue weighted by molar-refractivity contribution is 5.26. The molecule has 3 nitrogen and oxygen atoms in total. The molecule has 0 unspecified atom stereocenters. The van der Waals surface area contributed by atoms with Crippen molar-refractivity contribution in [2.75, 3.05) is 0 Å². The first-order valence-electron chi connectivity index (χ1n) is 6.00. The number of benzene rings is 1. The van der Waals surface area contributed by atoms with Crippen LogP contribution < -0.4 is 5.73 Å². The molecule has 0 bridgehead atoms. The predicted octanol–water partition coefficient (Wildman–Crippen LogP) is 2.58. The summed E-state index contributed by atoms with van der Waals surface area (Å²) in [6.07, 6.45) is 2.64. The Morgan fingerprint density at radius 1 is 1.24 bits per heavy atom. The monoisotopic (exact) mass is 229 g/mol. The van der Waals surface area contributed by atoms with Crippen LogP contribution >= 0.6 is 0 Å². The summed E-state index contributed by atoms with van der Waals surface area (Å²) in [7, 11) is 0. The molecule has 3 N–H and O–H groups in total. The third kappa shape index (κ3) is 2.94. The van der Waals surface area contributed by atoms with Gasteiger partial charge in [-0.15, -0.1) is 0 Å². The van der Waals surface area contributed by atoms with E-state index in [4.69, 9.17) is 5.73 Å². The third-order valence-electron chi connectivity index (χ3n) is 2.92. The summed E-state index contributed by atoms with van der Waals surface area (Å²) in [5.74, 6) is 1.55. The van der Waals surface area contributed by atoms with Gasteiger partial charge in [0.25, 0.3) is 0 Å². The number of hydrogen-bond donors (Lipinski definition) is 2. The molecular formula is C14H19N3. The van der Waals surface area contributed by atoms with Gasteiger partial charge < -0.3 is 10.7 Å². The topological polar surface area (TPSA) is 54.7 Å². The van der Waals surface area contributed by atoms with Crippen LogP contribution in [0, 0.1) is 0 Å². The van der Waals surface area contributed by atoms with Crippen molar-refractivity contribution in [2.45, 2.75) is 32.7 Å². The summed E-state index contributed by atoms with van der Waals surface area (Å²) in [4.78, 5) is 7.52. The number of hydrogen-bond acceptors (Lipinski definition) is 2. The van der Waals surface area contributed by atoms with Crippen LogP contribution in [0.5, 0.6) is 0 Å². The lowest BCUT2D eigenvalue weighted by Crippen LogP contribution is -1.97. The van der Waals surface area contributed by atoms with Crippen molar-refractivity contribution in [3.8, 4) is 0 Å². The van der Waals surface area contributed by atoms with Crippen molar-refractivity contribution >= 4 is 0 Å². The van der Waals surface area contributed by atoms with Crippen molar-refractivity contribution < 1.29 is 0 Å². The molecule has 1 heterocycles. The van der Waals surface area contributed by atoms with E-state index in [1.54, 1.807) is 6.20 Å². The molecule has 0 saturated carbocycles. The molecule has 0 atom stereocenters. The second-order valence-electron chi connectivity index (χ2n) is 4.63. The van der Waals surface area contributed by atoms with Crippen LogP contribution in [0.15, 0.2) is 30.5 Å². The Bertz CT molecular complexity index is 468. The van der Waals surface area contributed by atoms with Gasteiger partial charge in [0.1, 0.15) is 5.82 Å². The Morgan fingerprint density at radius 2 is 1.94 bits per heavy atom. The molecule has 0 amide bonds. The van der Waals surface area contributed by atoms with Gasteiger partial charge in [-0.05, 0) is 17.0 Å². The molecule has 3 heteroatoms. The van der Waals surface area contributed by atoms with Gasteiger partial charge in [-0.3, -0.25) is 0 Å². The first-order valence-corrected chi connectivity index (χ1v) is 6.00. The van der Waals surface area contributed by atoms with Gasteiger partial charge in [0, 0.05) is 24.9 Å². The molecule has 1 aromatic heterocycles. The minimum absolute atomic E-state index is 0.513. The number of nitrogens with zero attached hydrogens (tertiary/aromatic N) is 1. The lowest BCUT2D eigenvalue weighted by atomic mass is 10.0. The maximum Gasteiger partial charge on any atom is 0.110 e. The molecular weight excluding hydrogens is 210 g/mol. The zero-order valence-corrected chi connectivity index (χ0v) is 10.4. The number of H-pyrrole nitrogens is 1. The van der Waals surface area contributed by atoms with Crippen molar-refractivity contribution in [1.82, 2.24) is 9.97 Å². The van der Waals surface area contributed by atoms with E-state index in [-0.39, 0.29) is 0 Å². The number of nitrogens with two attached hydrogens (primary N) is 1. The average molecular weight is 229 g/mol. The minimum Gasteiger partial charge on any atom is -0.345 e. The average Bonchev–Trinajstić information content (AvgIpc) is 2.77. The van der Waals surface area contributed by atoms with Crippen LogP contribution in [0.2, 0.25) is 0 Å². The fourth-order valence-electron chi connectivity index (χ4n) is 1.81. The van der Waals surface area contributed by atoms with Crippen LogP contribution in [0.4, 0.5) is 0 Å². The van der Waals surface area contributed by atoms with E-state index in [0.717, 1.165) is 17.9 Å². The zero-order valence-electron chi connectivity index (χ0n) is 10.4. The minimum atomic E-state index is 0.513. The fourth-order valence-corrected chi connectivity index (χ4v) is 1.81. The summed E-state index contributed by atoms with van der Waals surface area (Å²) in [5.41, 5.74) is 9.17. The summed E-state index contributed by atoms with van der Waals surface area (Å²) in [6, 6.07) is 8.71. The van der Waals surface area contributed by atoms with Gasteiger partial charge in [0.2, 0.25) is 0 Å².